The molecule has 2 amide bonds. The van der Waals surface area contributed by atoms with Gasteiger partial charge in [0.05, 0.1) is 7.11 Å². The number of methoxy groups -OCH3 is 1. The van der Waals surface area contributed by atoms with Gasteiger partial charge in [-0.15, -0.1) is 11.6 Å². The molecule has 0 unspecified atom stereocenters. The fraction of sp³-hybridized carbons (Fsp3) is 0.133. The fourth-order valence-corrected chi connectivity index (χ4v) is 1.89. The Morgan fingerprint density at radius 2 is 1.75 bits per heavy atom. The SMILES string of the molecule is COc1cccc(NC(=O)Nc2cccc(CCl)c2)c1. The highest BCUT2D eigenvalue weighted by Crippen LogP contribution is 2.17. The van der Waals surface area contributed by atoms with E-state index < -0.39 is 0 Å². The van der Waals surface area contributed by atoms with Crippen LogP contribution >= 0.6 is 11.6 Å². The Morgan fingerprint density at radius 1 is 1.10 bits per heavy atom. The molecule has 20 heavy (non-hydrogen) atoms. The van der Waals surface area contributed by atoms with E-state index in [0.29, 0.717) is 23.0 Å². The lowest BCUT2D eigenvalue weighted by Gasteiger charge is -2.09. The first-order chi connectivity index (χ1) is 9.71. The van der Waals surface area contributed by atoms with E-state index in [2.05, 4.69) is 10.6 Å². The van der Waals surface area contributed by atoms with Gasteiger partial charge in [0.15, 0.2) is 0 Å². The third-order valence-electron chi connectivity index (χ3n) is 2.67. The maximum absolute atomic E-state index is 11.9. The number of halogens is 1. The maximum atomic E-state index is 11.9. The molecule has 0 aliphatic rings. The Kier molecular flexibility index (Phi) is 4.85. The van der Waals surface area contributed by atoms with Crippen molar-refractivity contribution in [1.29, 1.82) is 0 Å². The van der Waals surface area contributed by atoms with E-state index in [9.17, 15) is 4.79 Å². The summed E-state index contributed by atoms with van der Waals surface area (Å²) in [6, 6.07) is 14.2. The summed E-state index contributed by atoms with van der Waals surface area (Å²) in [6.45, 7) is 0. The van der Waals surface area contributed by atoms with Crippen molar-refractivity contribution >= 4 is 29.0 Å². The molecule has 0 bridgehead atoms. The number of carbonyl (C=O) groups is 1. The molecule has 0 saturated carbocycles. The van der Waals surface area contributed by atoms with Crippen LogP contribution in [-0.4, -0.2) is 13.1 Å². The van der Waals surface area contributed by atoms with Gasteiger partial charge in [0.1, 0.15) is 5.75 Å². The lowest BCUT2D eigenvalue weighted by atomic mass is 10.2. The number of amides is 2. The van der Waals surface area contributed by atoms with Crippen LogP contribution in [0.25, 0.3) is 0 Å². The van der Waals surface area contributed by atoms with E-state index in [4.69, 9.17) is 16.3 Å². The smallest absolute Gasteiger partial charge is 0.323 e. The molecule has 0 heterocycles. The average molecular weight is 291 g/mol. The van der Waals surface area contributed by atoms with Gasteiger partial charge in [0.2, 0.25) is 0 Å². The third-order valence-corrected chi connectivity index (χ3v) is 2.98. The van der Waals surface area contributed by atoms with Crippen molar-refractivity contribution in [3.05, 3.63) is 54.1 Å². The predicted molar refractivity (Wildman–Crippen MR) is 81.6 cm³/mol. The van der Waals surface area contributed by atoms with Crippen molar-refractivity contribution in [1.82, 2.24) is 0 Å². The van der Waals surface area contributed by atoms with Crippen LogP contribution in [0.4, 0.5) is 16.2 Å². The molecule has 0 aromatic heterocycles. The molecule has 0 saturated heterocycles. The van der Waals surface area contributed by atoms with Gasteiger partial charge in [-0.1, -0.05) is 18.2 Å². The largest absolute Gasteiger partial charge is 0.497 e. The number of ether oxygens (including phenoxy) is 1. The van der Waals surface area contributed by atoms with Gasteiger partial charge in [0, 0.05) is 23.3 Å². The number of urea groups is 1. The first kappa shape index (κ1) is 14.2. The zero-order chi connectivity index (χ0) is 14.4. The summed E-state index contributed by atoms with van der Waals surface area (Å²) in [6.07, 6.45) is 0. The average Bonchev–Trinajstić information content (AvgIpc) is 2.47. The van der Waals surface area contributed by atoms with E-state index in [1.165, 1.54) is 0 Å². The highest BCUT2D eigenvalue weighted by atomic mass is 35.5. The van der Waals surface area contributed by atoms with E-state index in [0.717, 1.165) is 5.56 Å². The Bertz CT molecular complexity index is 550. The summed E-state index contributed by atoms with van der Waals surface area (Å²) < 4.78 is 5.10. The van der Waals surface area contributed by atoms with Crippen LogP contribution in [-0.2, 0) is 5.88 Å². The summed E-state index contributed by atoms with van der Waals surface area (Å²) in [4.78, 5) is 11.9. The first-order valence-electron chi connectivity index (χ1n) is 6.08. The van der Waals surface area contributed by atoms with E-state index in [1.807, 2.05) is 30.3 Å². The molecule has 0 atom stereocenters. The molecule has 0 aliphatic carbocycles. The van der Waals surface area contributed by atoms with Crippen molar-refractivity contribution in [2.75, 3.05) is 17.7 Å². The van der Waals surface area contributed by atoms with Crippen LogP contribution in [0.2, 0.25) is 0 Å². The number of hydrogen-bond donors (Lipinski definition) is 2. The van der Waals surface area contributed by atoms with Gasteiger partial charge in [-0.25, -0.2) is 4.79 Å². The number of alkyl halides is 1. The summed E-state index contributed by atoms with van der Waals surface area (Å²) in [5, 5.41) is 5.49. The van der Waals surface area contributed by atoms with Crippen LogP contribution in [0.3, 0.4) is 0 Å². The minimum atomic E-state index is -0.315. The quantitative estimate of drug-likeness (QED) is 0.834. The predicted octanol–water partition coefficient (Wildman–Crippen LogP) is 4.08. The number of rotatable bonds is 4. The van der Waals surface area contributed by atoms with Crippen LogP contribution in [0, 0.1) is 0 Å². The zero-order valence-corrected chi connectivity index (χ0v) is 11.8. The Labute approximate surface area is 122 Å². The van der Waals surface area contributed by atoms with Gasteiger partial charge in [-0.05, 0) is 29.8 Å². The van der Waals surface area contributed by atoms with Gasteiger partial charge in [-0.2, -0.15) is 0 Å². The highest BCUT2D eigenvalue weighted by molar-refractivity contribution is 6.17. The minimum absolute atomic E-state index is 0.315. The molecule has 5 heteroatoms. The summed E-state index contributed by atoms with van der Waals surface area (Å²) in [5.41, 5.74) is 2.31. The molecule has 2 N–H and O–H groups in total. The number of nitrogens with one attached hydrogen (secondary N) is 2. The molecule has 0 radical (unpaired) electrons. The second-order valence-corrected chi connectivity index (χ2v) is 4.41. The van der Waals surface area contributed by atoms with Gasteiger partial charge in [0.25, 0.3) is 0 Å². The number of anilines is 2. The minimum Gasteiger partial charge on any atom is -0.497 e. The Balaban J connectivity index is 2.01. The van der Waals surface area contributed by atoms with Crippen molar-refractivity contribution < 1.29 is 9.53 Å². The molecule has 2 rings (SSSR count). The van der Waals surface area contributed by atoms with Crippen molar-refractivity contribution in [3.8, 4) is 5.75 Å². The van der Waals surface area contributed by atoms with Gasteiger partial charge >= 0.3 is 6.03 Å². The summed E-state index contributed by atoms with van der Waals surface area (Å²) in [7, 11) is 1.58. The van der Waals surface area contributed by atoms with Crippen molar-refractivity contribution in [2.45, 2.75) is 5.88 Å². The van der Waals surface area contributed by atoms with E-state index in [-0.39, 0.29) is 6.03 Å². The maximum Gasteiger partial charge on any atom is 0.323 e. The van der Waals surface area contributed by atoms with Crippen LogP contribution in [0.1, 0.15) is 5.56 Å². The molecule has 2 aromatic rings. The van der Waals surface area contributed by atoms with E-state index in [1.54, 1.807) is 25.3 Å². The molecular formula is C15H15ClN2O2. The molecule has 2 aromatic carbocycles. The van der Waals surface area contributed by atoms with Crippen LogP contribution in [0.5, 0.6) is 5.75 Å². The molecule has 0 spiro atoms. The second kappa shape index (κ2) is 6.82. The Hall–Kier alpha value is -2.20. The zero-order valence-electron chi connectivity index (χ0n) is 11.0. The molecule has 4 nitrogen and oxygen atoms in total. The lowest BCUT2D eigenvalue weighted by Crippen LogP contribution is -2.19. The van der Waals surface area contributed by atoms with E-state index >= 15 is 0 Å². The van der Waals surface area contributed by atoms with Gasteiger partial charge in [-0.3, -0.25) is 0 Å². The normalized spacial score (nSPS) is 9.90. The summed E-state index contributed by atoms with van der Waals surface area (Å²) >= 11 is 5.76. The monoisotopic (exact) mass is 290 g/mol. The van der Waals surface area contributed by atoms with Crippen LogP contribution < -0.4 is 15.4 Å². The Morgan fingerprint density at radius 3 is 2.40 bits per heavy atom. The third kappa shape index (κ3) is 3.90. The van der Waals surface area contributed by atoms with Crippen LogP contribution in [0.15, 0.2) is 48.5 Å². The molecule has 0 aliphatic heterocycles. The molecule has 0 fully saturated rings. The first-order valence-corrected chi connectivity index (χ1v) is 6.61. The standard InChI is InChI=1S/C15H15ClN2O2/c1-20-14-7-3-6-13(9-14)18-15(19)17-12-5-2-4-11(8-12)10-16/h2-9H,10H2,1H3,(H2,17,18,19). The topological polar surface area (TPSA) is 50.4 Å². The highest BCUT2D eigenvalue weighted by Gasteiger charge is 2.04. The molecular weight excluding hydrogens is 276 g/mol. The van der Waals surface area contributed by atoms with Crippen molar-refractivity contribution in [2.24, 2.45) is 0 Å². The number of benzene rings is 2. The second-order valence-electron chi connectivity index (χ2n) is 4.15. The van der Waals surface area contributed by atoms with Gasteiger partial charge < -0.3 is 15.4 Å². The fourth-order valence-electron chi connectivity index (χ4n) is 1.73. The number of hydrogen-bond acceptors (Lipinski definition) is 2. The summed E-state index contributed by atoms with van der Waals surface area (Å²) in [5.74, 6) is 1.10. The van der Waals surface area contributed by atoms with Crippen molar-refractivity contribution in [3.63, 3.8) is 0 Å². The number of carbonyl (C=O) groups excluding carboxylic acids is 1. The molecule has 104 valence electrons. The lowest BCUT2D eigenvalue weighted by molar-refractivity contribution is 0.262.